The minimum absolute atomic E-state index is 0.0289. The number of esters is 1. The number of aliphatic hydroxyl groups is 1. The second-order valence-corrected chi connectivity index (χ2v) is 6.32. The Balaban J connectivity index is 2.34. The van der Waals surface area contributed by atoms with E-state index in [1.54, 1.807) is 19.9 Å². The highest BCUT2D eigenvalue weighted by molar-refractivity contribution is 6.15. The van der Waals surface area contributed by atoms with Crippen molar-refractivity contribution in [3.05, 3.63) is 11.6 Å². The molecule has 0 bridgehead atoms. The third kappa shape index (κ3) is 2.51. The maximum absolute atomic E-state index is 12.6. The van der Waals surface area contributed by atoms with Crippen molar-refractivity contribution in [3.8, 4) is 0 Å². The highest BCUT2D eigenvalue weighted by atomic mass is 16.6. The summed E-state index contributed by atoms with van der Waals surface area (Å²) in [6.07, 6.45) is 2.39. The SMILES string of the molecule is CCC[C@H]1C[C@@H](O)[C@]2(C(=O)O1)C(=O)C(C)=C[C@H]2CC(=O)CC. The molecule has 1 N–H and O–H groups in total. The molecular weight excluding hydrogens is 284 g/mol. The van der Waals surface area contributed by atoms with Crippen molar-refractivity contribution in [1.82, 2.24) is 0 Å². The molecule has 1 saturated heterocycles. The maximum atomic E-state index is 12.6. The van der Waals surface area contributed by atoms with Gasteiger partial charge in [0.15, 0.2) is 11.2 Å². The minimum atomic E-state index is -1.61. The zero-order valence-electron chi connectivity index (χ0n) is 13.4. The van der Waals surface area contributed by atoms with E-state index >= 15 is 0 Å². The number of ketones is 2. The first-order valence-corrected chi connectivity index (χ1v) is 8.01. The van der Waals surface area contributed by atoms with E-state index in [2.05, 4.69) is 0 Å². The van der Waals surface area contributed by atoms with E-state index in [1.165, 1.54) is 0 Å². The number of rotatable bonds is 5. The van der Waals surface area contributed by atoms with Crippen molar-refractivity contribution in [1.29, 1.82) is 0 Å². The second-order valence-electron chi connectivity index (χ2n) is 6.32. The molecular formula is C17H24O5. The van der Waals surface area contributed by atoms with Crippen LogP contribution in [0.4, 0.5) is 0 Å². The molecule has 1 heterocycles. The number of hydrogen-bond acceptors (Lipinski definition) is 5. The Hall–Kier alpha value is -1.49. The molecule has 122 valence electrons. The molecule has 4 atom stereocenters. The Morgan fingerprint density at radius 3 is 2.64 bits per heavy atom. The summed E-state index contributed by atoms with van der Waals surface area (Å²) in [5.74, 6) is -1.69. The molecule has 2 aliphatic rings. The average molecular weight is 308 g/mol. The Kier molecular flexibility index (Phi) is 4.85. The molecule has 1 aliphatic heterocycles. The average Bonchev–Trinajstić information content (AvgIpc) is 2.70. The van der Waals surface area contributed by atoms with E-state index in [0.29, 0.717) is 18.4 Å². The molecule has 1 spiro atoms. The monoisotopic (exact) mass is 308 g/mol. The molecule has 0 aromatic rings. The zero-order chi connectivity index (χ0) is 16.5. The third-order valence-corrected chi connectivity index (χ3v) is 4.85. The molecule has 0 aromatic heterocycles. The molecule has 1 fully saturated rings. The lowest BCUT2D eigenvalue weighted by Crippen LogP contribution is -2.57. The van der Waals surface area contributed by atoms with Gasteiger partial charge >= 0.3 is 5.97 Å². The first-order valence-electron chi connectivity index (χ1n) is 8.01. The van der Waals surface area contributed by atoms with Crippen LogP contribution in [0.1, 0.15) is 52.9 Å². The maximum Gasteiger partial charge on any atom is 0.323 e. The summed E-state index contributed by atoms with van der Waals surface area (Å²) in [6.45, 7) is 5.34. The van der Waals surface area contributed by atoms with E-state index < -0.39 is 29.2 Å². The number of carbonyl (C=O) groups is 3. The third-order valence-electron chi connectivity index (χ3n) is 4.85. The van der Waals surface area contributed by atoms with Crippen molar-refractivity contribution in [2.45, 2.75) is 65.1 Å². The smallest absolute Gasteiger partial charge is 0.323 e. The van der Waals surface area contributed by atoms with Gasteiger partial charge in [-0.15, -0.1) is 0 Å². The van der Waals surface area contributed by atoms with Gasteiger partial charge in [-0.1, -0.05) is 26.3 Å². The zero-order valence-corrected chi connectivity index (χ0v) is 13.4. The normalized spacial score (nSPS) is 34.7. The van der Waals surface area contributed by atoms with E-state index in [1.807, 2.05) is 6.92 Å². The lowest BCUT2D eigenvalue weighted by atomic mass is 9.66. The number of Topliss-reactive ketones (excluding diaryl/α,β-unsaturated/α-hetero) is 2. The summed E-state index contributed by atoms with van der Waals surface area (Å²) < 4.78 is 5.43. The Morgan fingerprint density at radius 1 is 1.41 bits per heavy atom. The van der Waals surface area contributed by atoms with Crippen LogP contribution in [0.5, 0.6) is 0 Å². The quantitative estimate of drug-likeness (QED) is 0.620. The Bertz CT molecular complexity index is 521. The van der Waals surface area contributed by atoms with Gasteiger partial charge in [0.05, 0.1) is 6.10 Å². The van der Waals surface area contributed by atoms with Crippen molar-refractivity contribution in [3.63, 3.8) is 0 Å². The van der Waals surface area contributed by atoms with Crippen LogP contribution in [-0.4, -0.2) is 34.9 Å². The molecule has 1 aliphatic carbocycles. The van der Waals surface area contributed by atoms with Crippen molar-refractivity contribution >= 4 is 17.5 Å². The van der Waals surface area contributed by atoms with Crippen LogP contribution in [0, 0.1) is 11.3 Å². The largest absolute Gasteiger partial charge is 0.461 e. The Morgan fingerprint density at radius 2 is 2.09 bits per heavy atom. The molecule has 0 radical (unpaired) electrons. The van der Waals surface area contributed by atoms with Gasteiger partial charge in [0.1, 0.15) is 11.9 Å². The topological polar surface area (TPSA) is 80.7 Å². The highest BCUT2D eigenvalue weighted by Crippen LogP contribution is 2.49. The summed E-state index contributed by atoms with van der Waals surface area (Å²) in [6, 6.07) is 0. The molecule has 0 saturated carbocycles. The lowest BCUT2D eigenvalue weighted by molar-refractivity contribution is -0.190. The number of allylic oxidation sites excluding steroid dienone is 2. The number of carbonyl (C=O) groups excluding carboxylic acids is 3. The molecule has 5 nitrogen and oxygen atoms in total. The van der Waals surface area contributed by atoms with Gasteiger partial charge in [0, 0.05) is 25.2 Å². The van der Waals surface area contributed by atoms with Crippen LogP contribution >= 0.6 is 0 Å². The van der Waals surface area contributed by atoms with Crippen molar-refractivity contribution in [2.75, 3.05) is 0 Å². The number of hydrogen-bond donors (Lipinski definition) is 1. The molecule has 5 heteroatoms. The highest BCUT2D eigenvalue weighted by Gasteiger charge is 2.63. The molecule has 22 heavy (non-hydrogen) atoms. The van der Waals surface area contributed by atoms with E-state index in [4.69, 9.17) is 4.74 Å². The summed E-state index contributed by atoms with van der Waals surface area (Å²) in [4.78, 5) is 37.0. The fourth-order valence-electron chi connectivity index (χ4n) is 3.62. The number of aliphatic hydroxyl groups excluding tert-OH is 1. The molecule has 0 aromatic carbocycles. The fourth-order valence-corrected chi connectivity index (χ4v) is 3.62. The van der Waals surface area contributed by atoms with Gasteiger partial charge in [0.25, 0.3) is 0 Å². The summed E-state index contributed by atoms with van der Waals surface area (Å²) in [5, 5.41) is 10.6. The lowest BCUT2D eigenvalue weighted by Gasteiger charge is -2.42. The second kappa shape index (κ2) is 6.32. The predicted octanol–water partition coefficient (Wildman–Crippen LogP) is 1.96. The van der Waals surface area contributed by atoms with Gasteiger partial charge < -0.3 is 9.84 Å². The first-order chi connectivity index (χ1) is 10.4. The predicted molar refractivity (Wildman–Crippen MR) is 80.0 cm³/mol. The van der Waals surface area contributed by atoms with Gasteiger partial charge in [-0.2, -0.15) is 0 Å². The molecule has 2 rings (SSSR count). The van der Waals surface area contributed by atoms with Gasteiger partial charge in [0.2, 0.25) is 0 Å². The van der Waals surface area contributed by atoms with Crippen LogP contribution in [0.3, 0.4) is 0 Å². The van der Waals surface area contributed by atoms with E-state index in [9.17, 15) is 19.5 Å². The van der Waals surface area contributed by atoms with Crippen LogP contribution < -0.4 is 0 Å². The fraction of sp³-hybridized carbons (Fsp3) is 0.706. The molecule has 0 amide bonds. The summed E-state index contributed by atoms with van der Waals surface area (Å²) >= 11 is 0. The van der Waals surface area contributed by atoms with Gasteiger partial charge in [-0.25, -0.2) is 0 Å². The van der Waals surface area contributed by atoms with Crippen LogP contribution in [-0.2, 0) is 19.1 Å². The van der Waals surface area contributed by atoms with Gasteiger partial charge in [-0.3, -0.25) is 14.4 Å². The van der Waals surface area contributed by atoms with Crippen LogP contribution in [0.25, 0.3) is 0 Å². The van der Waals surface area contributed by atoms with Crippen molar-refractivity contribution < 1.29 is 24.2 Å². The van der Waals surface area contributed by atoms with Crippen molar-refractivity contribution in [2.24, 2.45) is 11.3 Å². The standard InChI is InChI=1S/C17H24O5/c1-4-6-13-9-14(19)17(16(21)22-13)11(8-12(18)5-2)7-10(3)15(17)20/h7,11,13-14,19H,4-6,8-9H2,1-3H3/t11-,13-,14+,17-/m0/s1. The molecule has 0 unspecified atom stereocenters. The summed E-state index contributed by atoms with van der Waals surface area (Å²) in [7, 11) is 0. The number of cyclic esters (lactones) is 1. The minimum Gasteiger partial charge on any atom is -0.461 e. The number of ether oxygens (including phenoxy) is 1. The summed E-state index contributed by atoms with van der Waals surface area (Å²) in [5.41, 5.74) is -1.18. The van der Waals surface area contributed by atoms with E-state index in [0.717, 1.165) is 6.42 Å². The Labute approximate surface area is 130 Å². The van der Waals surface area contributed by atoms with Crippen LogP contribution in [0.15, 0.2) is 11.6 Å². The van der Waals surface area contributed by atoms with Crippen LogP contribution in [0.2, 0.25) is 0 Å². The van der Waals surface area contributed by atoms with E-state index in [-0.39, 0.29) is 24.7 Å². The first kappa shape index (κ1) is 16.9. The van der Waals surface area contributed by atoms with Gasteiger partial charge in [-0.05, 0) is 18.9 Å².